The number of ether oxygens (including phenoxy) is 1. The molecule has 0 saturated carbocycles. The number of halogens is 1. The Hall–Kier alpha value is -3.52. The lowest BCUT2D eigenvalue weighted by Gasteiger charge is -2.37. The van der Waals surface area contributed by atoms with Gasteiger partial charge in [-0.2, -0.15) is 9.97 Å². The van der Waals surface area contributed by atoms with E-state index in [-0.39, 0.29) is 17.6 Å². The number of nitrogens with zero attached hydrogens (tertiary/aromatic N) is 5. The van der Waals surface area contributed by atoms with E-state index in [4.69, 9.17) is 4.74 Å². The summed E-state index contributed by atoms with van der Waals surface area (Å²) in [5, 5.41) is 3.29. The van der Waals surface area contributed by atoms with E-state index in [0.717, 1.165) is 61.0 Å². The number of hydrogen-bond donors (Lipinski definition) is 1. The third kappa shape index (κ3) is 5.18. The van der Waals surface area contributed by atoms with Crippen molar-refractivity contribution in [3.05, 3.63) is 64.5 Å². The van der Waals surface area contributed by atoms with Crippen molar-refractivity contribution in [3.8, 4) is 11.8 Å². The van der Waals surface area contributed by atoms with Gasteiger partial charge in [-0.1, -0.05) is 29.9 Å². The average molecular weight is 489 g/mol. The molecule has 1 saturated heterocycles. The van der Waals surface area contributed by atoms with Crippen LogP contribution in [0.4, 0.5) is 16.0 Å². The van der Waals surface area contributed by atoms with Crippen molar-refractivity contribution < 1.29 is 9.13 Å². The molecule has 36 heavy (non-hydrogen) atoms. The van der Waals surface area contributed by atoms with Crippen LogP contribution in [0.25, 0.3) is 6.08 Å². The minimum Gasteiger partial charge on any atom is -0.421 e. The smallest absolute Gasteiger partial charge is 0.326 e. The first-order valence-corrected chi connectivity index (χ1v) is 12.6. The second-order valence-corrected chi connectivity index (χ2v) is 9.78. The highest BCUT2D eigenvalue weighted by molar-refractivity contribution is 6.05. The lowest BCUT2D eigenvalue weighted by Crippen LogP contribution is -2.49. The van der Waals surface area contributed by atoms with Gasteiger partial charge in [0.05, 0.1) is 6.54 Å². The third-order valence-electron chi connectivity index (χ3n) is 6.75. The van der Waals surface area contributed by atoms with Crippen LogP contribution in [0.5, 0.6) is 11.8 Å². The molecule has 2 aromatic rings. The van der Waals surface area contributed by atoms with Crippen molar-refractivity contribution in [2.24, 2.45) is 4.99 Å². The standard InChI is InChI=1S/C28H33FN6O/c1-5-6-20-15-24(30-17-20)31-25-16-26(35-11-9-34(10-12-35)18(2)3)33-28(32-25)36-23-8-7-21-13-19(4)14-22(21)27(23)29/h5-8,14-16,18H,9-13,17H2,1-4H3,(H,30,31,32,33)/b6-5+. The van der Waals surface area contributed by atoms with Crippen LogP contribution in [0, 0.1) is 5.82 Å². The summed E-state index contributed by atoms with van der Waals surface area (Å²) in [5.41, 5.74) is 3.82. The van der Waals surface area contributed by atoms with Gasteiger partial charge < -0.3 is 15.0 Å². The molecule has 8 heteroatoms. The number of nitrogens with one attached hydrogen (secondary N) is 1. The van der Waals surface area contributed by atoms with Gasteiger partial charge in [0.15, 0.2) is 11.6 Å². The van der Waals surface area contributed by atoms with Gasteiger partial charge in [0.25, 0.3) is 0 Å². The van der Waals surface area contributed by atoms with E-state index in [9.17, 15) is 0 Å². The molecule has 3 aliphatic rings. The number of piperazine rings is 1. The summed E-state index contributed by atoms with van der Waals surface area (Å²) in [7, 11) is 0. The molecule has 0 unspecified atom stereocenters. The number of rotatable bonds is 6. The Morgan fingerprint density at radius 1 is 1.11 bits per heavy atom. The van der Waals surface area contributed by atoms with E-state index < -0.39 is 0 Å². The molecule has 3 heterocycles. The van der Waals surface area contributed by atoms with Gasteiger partial charge in [0, 0.05) is 43.9 Å². The quantitative estimate of drug-likeness (QED) is 0.601. The van der Waals surface area contributed by atoms with Gasteiger partial charge in [0.2, 0.25) is 0 Å². The molecule has 1 aliphatic carbocycles. The maximum absolute atomic E-state index is 15.3. The summed E-state index contributed by atoms with van der Waals surface area (Å²) in [6.45, 7) is 12.6. The summed E-state index contributed by atoms with van der Waals surface area (Å²) >= 11 is 0. The van der Waals surface area contributed by atoms with Gasteiger partial charge in [0.1, 0.15) is 17.5 Å². The van der Waals surface area contributed by atoms with Crippen LogP contribution in [0.15, 0.2) is 52.6 Å². The first kappa shape index (κ1) is 24.2. The average Bonchev–Trinajstić information content (AvgIpc) is 3.47. The lowest BCUT2D eigenvalue weighted by molar-refractivity contribution is 0.209. The van der Waals surface area contributed by atoms with E-state index in [1.165, 1.54) is 0 Å². The minimum atomic E-state index is -0.377. The Balaban J connectivity index is 1.43. The van der Waals surface area contributed by atoms with Gasteiger partial charge >= 0.3 is 6.01 Å². The van der Waals surface area contributed by atoms with Crippen molar-refractivity contribution in [2.45, 2.75) is 40.2 Å². The third-order valence-corrected chi connectivity index (χ3v) is 6.75. The lowest BCUT2D eigenvalue weighted by atomic mass is 10.1. The summed E-state index contributed by atoms with van der Waals surface area (Å²) in [6, 6.07) is 6.10. The Kier molecular flexibility index (Phi) is 6.87. The first-order chi connectivity index (χ1) is 17.4. The molecule has 0 radical (unpaired) electrons. The molecule has 0 atom stereocenters. The van der Waals surface area contributed by atoms with Crippen molar-refractivity contribution in [1.29, 1.82) is 0 Å². The first-order valence-electron chi connectivity index (χ1n) is 12.6. The van der Waals surface area contributed by atoms with E-state index >= 15 is 4.39 Å². The van der Waals surface area contributed by atoms with Crippen LogP contribution in [0.3, 0.4) is 0 Å². The zero-order valence-corrected chi connectivity index (χ0v) is 21.4. The van der Waals surface area contributed by atoms with E-state index in [1.807, 2.05) is 50.3 Å². The van der Waals surface area contributed by atoms with Gasteiger partial charge in [-0.15, -0.1) is 0 Å². The zero-order valence-electron chi connectivity index (χ0n) is 21.4. The van der Waals surface area contributed by atoms with Crippen molar-refractivity contribution in [2.75, 3.05) is 42.9 Å². The molecule has 2 aliphatic heterocycles. The monoisotopic (exact) mass is 488 g/mol. The highest BCUT2D eigenvalue weighted by Gasteiger charge is 2.23. The van der Waals surface area contributed by atoms with Crippen LogP contribution >= 0.6 is 0 Å². The number of hydrogen-bond acceptors (Lipinski definition) is 7. The summed E-state index contributed by atoms with van der Waals surface area (Å²) in [4.78, 5) is 18.5. The number of benzene rings is 1. The molecular weight excluding hydrogens is 455 g/mol. The zero-order chi connectivity index (χ0) is 25.2. The molecule has 1 N–H and O–H groups in total. The molecule has 188 valence electrons. The highest BCUT2D eigenvalue weighted by atomic mass is 19.1. The fraction of sp³-hybridized carbons (Fsp3) is 0.393. The summed E-state index contributed by atoms with van der Waals surface area (Å²) in [5.74, 6) is 1.79. The number of fused-ring (bicyclic) bond motifs is 1. The molecular formula is C28H33FN6O. The number of aromatic nitrogens is 2. The predicted molar refractivity (Wildman–Crippen MR) is 144 cm³/mol. The molecule has 1 aromatic carbocycles. The molecule has 0 spiro atoms. The van der Waals surface area contributed by atoms with Crippen LogP contribution in [0.2, 0.25) is 0 Å². The Labute approximate surface area is 212 Å². The fourth-order valence-electron chi connectivity index (χ4n) is 4.82. The molecule has 7 nitrogen and oxygen atoms in total. The van der Waals surface area contributed by atoms with E-state index in [0.29, 0.717) is 24.0 Å². The highest BCUT2D eigenvalue weighted by Crippen LogP contribution is 2.34. The maximum Gasteiger partial charge on any atom is 0.326 e. The van der Waals surface area contributed by atoms with Crippen LogP contribution in [-0.2, 0) is 6.42 Å². The predicted octanol–water partition coefficient (Wildman–Crippen LogP) is 5.22. The molecule has 0 amide bonds. The Morgan fingerprint density at radius 3 is 2.67 bits per heavy atom. The van der Waals surface area contributed by atoms with Crippen LogP contribution in [-0.4, -0.2) is 59.5 Å². The molecule has 1 fully saturated rings. The topological polar surface area (TPSA) is 65.9 Å². The summed E-state index contributed by atoms with van der Waals surface area (Å²) in [6.07, 6.45) is 8.68. The Bertz CT molecular complexity index is 1270. The Morgan fingerprint density at radius 2 is 1.92 bits per heavy atom. The second-order valence-electron chi connectivity index (χ2n) is 9.78. The van der Waals surface area contributed by atoms with Gasteiger partial charge in [-0.3, -0.25) is 9.89 Å². The number of amidine groups is 1. The SMILES string of the molecule is C/C=C/C1=CC(Nc2cc(N3CCN(C(C)C)CC3)nc(Oc3ccc4c(c3F)C=C(C)C4)n2)=NC1. The maximum atomic E-state index is 15.3. The van der Waals surface area contributed by atoms with Crippen molar-refractivity contribution >= 4 is 23.5 Å². The number of anilines is 2. The molecule has 0 bridgehead atoms. The number of aliphatic imine (C=N–C) groups is 1. The van der Waals surface area contributed by atoms with Crippen molar-refractivity contribution in [3.63, 3.8) is 0 Å². The van der Waals surface area contributed by atoms with Crippen LogP contribution in [0.1, 0.15) is 38.8 Å². The number of allylic oxidation sites excluding steroid dienone is 2. The summed E-state index contributed by atoms with van der Waals surface area (Å²) < 4.78 is 21.2. The van der Waals surface area contributed by atoms with Crippen LogP contribution < -0.4 is 15.0 Å². The largest absolute Gasteiger partial charge is 0.421 e. The van der Waals surface area contributed by atoms with Gasteiger partial charge in [-0.05, 0) is 57.4 Å². The van der Waals surface area contributed by atoms with Gasteiger partial charge in [-0.25, -0.2) is 4.39 Å². The van der Waals surface area contributed by atoms with E-state index in [1.54, 1.807) is 6.07 Å². The fourth-order valence-corrected chi connectivity index (χ4v) is 4.82. The molecule has 5 rings (SSSR count). The normalized spacial score (nSPS) is 17.9. The van der Waals surface area contributed by atoms with E-state index in [2.05, 4.69) is 43.9 Å². The second kappa shape index (κ2) is 10.2. The minimum absolute atomic E-state index is 0.107. The molecule has 1 aromatic heterocycles. The van der Waals surface area contributed by atoms with Crippen molar-refractivity contribution in [1.82, 2.24) is 14.9 Å².